The van der Waals surface area contributed by atoms with E-state index in [0.29, 0.717) is 0 Å². The number of carbonyl (C=O) groups excluding carboxylic acids is 1. The van der Waals surface area contributed by atoms with Crippen LogP contribution in [0.25, 0.3) is 0 Å². The Balaban J connectivity index is 2.67. The molecule has 0 aliphatic heterocycles. The number of carboxylic acids is 1. The SMILES string of the molecule is C[C@H](NCl)C(=O)N[C@@H](Cc1ccccc1)C(=O)O. The molecule has 1 aromatic carbocycles. The number of amides is 1. The van der Waals surface area contributed by atoms with Gasteiger partial charge in [-0.3, -0.25) is 4.79 Å². The van der Waals surface area contributed by atoms with E-state index in [9.17, 15) is 9.59 Å². The second-order valence-corrected chi connectivity index (χ2v) is 4.14. The van der Waals surface area contributed by atoms with Crippen molar-refractivity contribution in [2.75, 3.05) is 0 Å². The molecule has 0 saturated carbocycles. The monoisotopic (exact) mass is 270 g/mol. The van der Waals surface area contributed by atoms with Gasteiger partial charge in [-0.25, -0.2) is 9.63 Å². The quantitative estimate of drug-likeness (QED) is 0.672. The zero-order valence-electron chi connectivity index (χ0n) is 9.89. The normalized spacial score (nSPS) is 13.7. The molecule has 0 saturated heterocycles. The van der Waals surface area contributed by atoms with Crippen LogP contribution in [0.2, 0.25) is 0 Å². The number of halogens is 1. The van der Waals surface area contributed by atoms with Gasteiger partial charge in [-0.15, -0.1) is 0 Å². The van der Waals surface area contributed by atoms with Crippen LogP contribution in [0.1, 0.15) is 12.5 Å². The van der Waals surface area contributed by atoms with E-state index < -0.39 is 24.0 Å². The molecule has 0 aliphatic carbocycles. The average molecular weight is 271 g/mol. The Morgan fingerprint density at radius 2 is 1.94 bits per heavy atom. The summed E-state index contributed by atoms with van der Waals surface area (Å²) in [5.41, 5.74) is 0.844. The highest BCUT2D eigenvalue weighted by Gasteiger charge is 2.22. The minimum absolute atomic E-state index is 0.233. The Bertz CT molecular complexity index is 411. The zero-order chi connectivity index (χ0) is 13.5. The summed E-state index contributed by atoms with van der Waals surface area (Å²) in [4.78, 5) is 24.9. The third-order valence-electron chi connectivity index (χ3n) is 2.45. The van der Waals surface area contributed by atoms with Crippen LogP contribution in [0.5, 0.6) is 0 Å². The van der Waals surface area contributed by atoms with Crippen molar-refractivity contribution in [3.63, 3.8) is 0 Å². The number of nitrogens with one attached hydrogen (secondary N) is 2. The van der Waals surface area contributed by atoms with Gasteiger partial charge in [0.1, 0.15) is 6.04 Å². The number of carboxylic acid groups (broad SMARTS) is 1. The molecule has 2 atom stereocenters. The second-order valence-electron chi connectivity index (χ2n) is 3.92. The number of rotatable bonds is 6. The fraction of sp³-hybridized carbons (Fsp3) is 0.333. The van der Waals surface area contributed by atoms with Crippen molar-refractivity contribution in [2.24, 2.45) is 0 Å². The van der Waals surface area contributed by atoms with Crippen LogP contribution in [0.4, 0.5) is 0 Å². The first-order valence-electron chi connectivity index (χ1n) is 5.48. The minimum atomic E-state index is -1.08. The van der Waals surface area contributed by atoms with Crippen LogP contribution in [0.15, 0.2) is 30.3 Å². The summed E-state index contributed by atoms with van der Waals surface area (Å²) >= 11 is 5.31. The van der Waals surface area contributed by atoms with Crippen LogP contribution in [-0.2, 0) is 16.0 Å². The molecule has 1 aromatic rings. The van der Waals surface area contributed by atoms with E-state index in [1.807, 2.05) is 30.3 Å². The van der Waals surface area contributed by atoms with Crippen molar-refractivity contribution in [1.82, 2.24) is 10.2 Å². The fourth-order valence-electron chi connectivity index (χ4n) is 1.40. The molecule has 0 heterocycles. The molecule has 0 fully saturated rings. The first-order valence-corrected chi connectivity index (χ1v) is 5.85. The Labute approximate surface area is 110 Å². The maximum atomic E-state index is 11.6. The van der Waals surface area contributed by atoms with Crippen LogP contribution in [0, 0.1) is 0 Å². The number of benzene rings is 1. The molecule has 1 amide bonds. The molecule has 5 nitrogen and oxygen atoms in total. The standard InChI is InChI=1S/C12H15ClN2O3/c1-8(15-13)11(16)14-10(12(17)18)7-9-5-3-2-4-6-9/h2-6,8,10,15H,7H2,1H3,(H,14,16)(H,17,18)/t8-,10-/m0/s1. The summed E-state index contributed by atoms with van der Waals surface area (Å²) in [5, 5.41) is 11.5. The molecule has 0 aromatic heterocycles. The molecule has 0 radical (unpaired) electrons. The van der Waals surface area contributed by atoms with Crippen molar-refractivity contribution in [3.05, 3.63) is 35.9 Å². The molecule has 0 spiro atoms. The molecular formula is C12H15ClN2O3. The van der Waals surface area contributed by atoms with Gasteiger partial charge in [0.05, 0.1) is 6.04 Å². The van der Waals surface area contributed by atoms with Crippen LogP contribution in [-0.4, -0.2) is 29.1 Å². The van der Waals surface area contributed by atoms with Crippen LogP contribution in [0.3, 0.4) is 0 Å². The molecule has 0 aliphatic rings. The molecule has 0 unspecified atom stereocenters. The van der Waals surface area contributed by atoms with Crippen LogP contribution >= 0.6 is 11.8 Å². The summed E-state index contributed by atoms with van der Waals surface area (Å²) in [6.45, 7) is 1.55. The third-order valence-corrected chi connectivity index (χ3v) is 2.78. The van der Waals surface area contributed by atoms with Crippen molar-refractivity contribution < 1.29 is 14.7 Å². The fourth-order valence-corrected chi connectivity index (χ4v) is 1.50. The summed E-state index contributed by atoms with van der Waals surface area (Å²) in [6, 6.07) is 7.49. The Kier molecular flexibility index (Phi) is 5.61. The highest BCUT2D eigenvalue weighted by Crippen LogP contribution is 2.04. The molecule has 0 bridgehead atoms. The van der Waals surface area contributed by atoms with Crippen molar-refractivity contribution in [1.29, 1.82) is 0 Å². The zero-order valence-corrected chi connectivity index (χ0v) is 10.6. The van der Waals surface area contributed by atoms with Gasteiger partial charge >= 0.3 is 5.97 Å². The lowest BCUT2D eigenvalue weighted by Crippen LogP contribution is -2.48. The lowest BCUT2D eigenvalue weighted by molar-refractivity contribution is -0.141. The first-order chi connectivity index (χ1) is 8.54. The number of hydrogen-bond donors (Lipinski definition) is 3. The highest BCUT2D eigenvalue weighted by atomic mass is 35.5. The largest absolute Gasteiger partial charge is 0.480 e. The van der Waals surface area contributed by atoms with E-state index >= 15 is 0 Å². The smallest absolute Gasteiger partial charge is 0.326 e. The molecule has 1 rings (SSSR count). The van der Waals surface area contributed by atoms with E-state index in [1.54, 1.807) is 6.92 Å². The van der Waals surface area contributed by atoms with E-state index in [0.717, 1.165) is 5.56 Å². The predicted octanol–water partition coefficient (Wildman–Crippen LogP) is 0.930. The van der Waals surface area contributed by atoms with Gasteiger partial charge < -0.3 is 10.4 Å². The predicted molar refractivity (Wildman–Crippen MR) is 68.2 cm³/mol. The maximum absolute atomic E-state index is 11.6. The van der Waals surface area contributed by atoms with E-state index in [-0.39, 0.29) is 6.42 Å². The number of carbonyl (C=O) groups is 2. The summed E-state index contributed by atoms with van der Waals surface area (Å²) in [5.74, 6) is -1.53. The van der Waals surface area contributed by atoms with Crippen molar-refractivity contribution in [3.8, 4) is 0 Å². The second kappa shape index (κ2) is 6.98. The summed E-state index contributed by atoms with van der Waals surface area (Å²) in [6.07, 6.45) is 0.233. The van der Waals surface area contributed by atoms with Gasteiger partial charge in [0.25, 0.3) is 0 Å². The van der Waals surface area contributed by atoms with Crippen molar-refractivity contribution in [2.45, 2.75) is 25.4 Å². The van der Waals surface area contributed by atoms with Gasteiger partial charge in [0.15, 0.2) is 0 Å². The van der Waals surface area contributed by atoms with Gasteiger partial charge in [-0.05, 0) is 24.3 Å². The highest BCUT2D eigenvalue weighted by molar-refractivity contribution is 6.15. The minimum Gasteiger partial charge on any atom is -0.480 e. The van der Waals surface area contributed by atoms with Crippen LogP contribution < -0.4 is 10.2 Å². The van der Waals surface area contributed by atoms with Gasteiger partial charge in [0, 0.05) is 6.42 Å². The van der Waals surface area contributed by atoms with Gasteiger partial charge in [-0.2, -0.15) is 0 Å². The third kappa shape index (κ3) is 4.35. The lowest BCUT2D eigenvalue weighted by Gasteiger charge is -2.17. The van der Waals surface area contributed by atoms with Gasteiger partial charge in [-0.1, -0.05) is 30.3 Å². The average Bonchev–Trinajstić information content (AvgIpc) is 2.37. The lowest BCUT2D eigenvalue weighted by atomic mass is 10.1. The van der Waals surface area contributed by atoms with Gasteiger partial charge in [0.2, 0.25) is 5.91 Å². The van der Waals surface area contributed by atoms with E-state index in [4.69, 9.17) is 16.9 Å². The Morgan fingerprint density at radius 3 is 2.44 bits per heavy atom. The molecule has 6 heteroatoms. The molecular weight excluding hydrogens is 256 g/mol. The number of aliphatic carboxylic acids is 1. The topological polar surface area (TPSA) is 78.4 Å². The maximum Gasteiger partial charge on any atom is 0.326 e. The van der Waals surface area contributed by atoms with E-state index in [2.05, 4.69) is 10.2 Å². The van der Waals surface area contributed by atoms with E-state index in [1.165, 1.54) is 0 Å². The summed E-state index contributed by atoms with van der Waals surface area (Å²) in [7, 11) is 0. The Hall–Kier alpha value is -1.59. The first kappa shape index (κ1) is 14.5. The molecule has 18 heavy (non-hydrogen) atoms. The number of hydrogen-bond acceptors (Lipinski definition) is 3. The Morgan fingerprint density at radius 1 is 1.33 bits per heavy atom. The summed E-state index contributed by atoms with van der Waals surface area (Å²) < 4.78 is 0. The molecule has 3 N–H and O–H groups in total. The molecule has 98 valence electrons. The van der Waals surface area contributed by atoms with Crippen molar-refractivity contribution >= 4 is 23.7 Å².